The summed E-state index contributed by atoms with van der Waals surface area (Å²) < 4.78 is 5.28. The molecule has 0 aromatic heterocycles. The average Bonchev–Trinajstić information content (AvgIpc) is 2.82. The van der Waals surface area contributed by atoms with E-state index in [1.54, 1.807) is 24.1 Å². The molecule has 2 aromatic carbocycles. The number of hydrogen-bond donors (Lipinski definition) is 1. The number of fused-ring (bicyclic) bond motifs is 1. The number of methoxy groups -OCH3 is 1. The molecule has 1 aliphatic rings. The molecule has 1 N–H and O–H groups in total. The first-order valence-corrected chi connectivity index (χ1v) is 7.92. The normalized spacial score (nSPS) is 13.8. The lowest BCUT2D eigenvalue weighted by Gasteiger charge is -2.23. The van der Waals surface area contributed by atoms with E-state index < -0.39 is 5.97 Å². The average molecular weight is 325 g/mol. The predicted molar refractivity (Wildman–Crippen MR) is 91.0 cm³/mol. The van der Waals surface area contributed by atoms with Gasteiger partial charge in [0.1, 0.15) is 5.75 Å². The molecule has 0 radical (unpaired) electrons. The number of amides is 1. The van der Waals surface area contributed by atoms with Gasteiger partial charge in [0.25, 0.3) is 5.91 Å². The van der Waals surface area contributed by atoms with E-state index in [-0.39, 0.29) is 11.5 Å². The van der Waals surface area contributed by atoms with Crippen molar-refractivity contribution in [1.29, 1.82) is 0 Å². The maximum atomic E-state index is 12.9. The highest BCUT2D eigenvalue weighted by atomic mass is 16.5. The molecule has 5 heteroatoms. The van der Waals surface area contributed by atoms with Crippen LogP contribution in [0.5, 0.6) is 5.75 Å². The molecule has 5 nitrogen and oxygen atoms in total. The third-order valence-corrected chi connectivity index (χ3v) is 4.28. The Morgan fingerprint density at radius 2 is 1.75 bits per heavy atom. The van der Waals surface area contributed by atoms with E-state index in [0.29, 0.717) is 12.1 Å². The Labute approximate surface area is 140 Å². The molecule has 0 bridgehead atoms. The van der Waals surface area contributed by atoms with E-state index >= 15 is 0 Å². The van der Waals surface area contributed by atoms with Gasteiger partial charge in [0.05, 0.1) is 12.7 Å². The molecule has 0 saturated carbocycles. The molecule has 0 saturated heterocycles. The van der Waals surface area contributed by atoms with Gasteiger partial charge in [0.2, 0.25) is 0 Å². The third kappa shape index (κ3) is 3.11. The number of carbonyl (C=O) groups is 2. The lowest BCUT2D eigenvalue weighted by molar-refractivity contribution is 0.0696. The second-order valence-electron chi connectivity index (χ2n) is 5.79. The van der Waals surface area contributed by atoms with Crippen molar-refractivity contribution in [3.8, 4) is 5.75 Å². The number of aryl methyl sites for hydroxylation is 1. The van der Waals surface area contributed by atoms with Crippen LogP contribution >= 0.6 is 0 Å². The summed E-state index contributed by atoms with van der Waals surface area (Å²) in [5.41, 5.74) is 2.67. The van der Waals surface area contributed by atoms with E-state index in [9.17, 15) is 9.59 Å². The van der Waals surface area contributed by atoms with Crippen molar-refractivity contribution >= 4 is 17.6 Å². The van der Waals surface area contributed by atoms with Gasteiger partial charge in [-0.25, -0.2) is 4.79 Å². The molecule has 3 rings (SSSR count). The van der Waals surface area contributed by atoms with Gasteiger partial charge in [-0.3, -0.25) is 4.79 Å². The van der Waals surface area contributed by atoms with E-state index in [0.717, 1.165) is 36.3 Å². The van der Waals surface area contributed by atoms with Crippen LogP contribution in [0.2, 0.25) is 0 Å². The Hall–Kier alpha value is -2.82. The van der Waals surface area contributed by atoms with Gasteiger partial charge in [-0.15, -0.1) is 0 Å². The minimum Gasteiger partial charge on any atom is -0.497 e. The van der Waals surface area contributed by atoms with Crippen molar-refractivity contribution in [2.45, 2.75) is 19.3 Å². The lowest BCUT2D eigenvalue weighted by Crippen LogP contribution is -2.31. The summed E-state index contributed by atoms with van der Waals surface area (Å²) in [5, 5.41) is 8.97. The van der Waals surface area contributed by atoms with Crippen molar-refractivity contribution in [3.05, 3.63) is 59.2 Å². The Bertz CT molecular complexity index is 767. The zero-order valence-electron chi connectivity index (χ0n) is 13.5. The number of benzene rings is 2. The van der Waals surface area contributed by atoms with Crippen molar-refractivity contribution in [3.63, 3.8) is 0 Å². The summed E-state index contributed by atoms with van der Waals surface area (Å²) in [4.78, 5) is 25.6. The van der Waals surface area contributed by atoms with Crippen molar-refractivity contribution in [2.75, 3.05) is 18.6 Å². The molecular weight excluding hydrogens is 306 g/mol. The summed E-state index contributed by atoms with van der Waals surface area (Å²) in [7, 11) is 1.63. The van der Waals surface area contributed by atoms with Crippen LogP contribution in [-0.4, -0.2) is 30.6 Å². The number of anilines is 1. The fourth-order valence-corrected chi connectivity index (χ4v) is 2.98. The number of aromatic carboxylic acids is 1. The molecule has 1 amide bonds. The maximum absolute atomic E-state index is 12.9. The minimum absolute atomic E-state index is 0.111. The molecular formula is C19H19NO4. The van der Waals surface area contributed by atoms with E-state index in [1.165, 1.54) is 12.1 Å². The molecule has 0 atom stereocenters. The van der Waals surface area contributed by atoms with Crippen LogP contribution in [0.25, 0.3) is 0 Å². The maximum Gasteiger partial charge on any atom is 0.335 e. The van der Waals surface area contributed by atoms with Gasteiger partial charge in [0, 0.05) is 17.8 Å². The molecule has 2 aromatic rings. The first kappa shape index (κ1) is 16.1. The highest BCUT2D eigenvalue weighted by Gasteiger charge is 2.23. The SMILES string of the molecule is COc1ccc2c(c1)CCCCN2C(=O)c1ccc(C(=O)O)cc1. The minimum atomic E-state index is -0.999. The van der Waals surface area contributed by atoms with Gasteiger partial charge < -0.3 is 14.7 Å². The van der Waals surface area contributed by atoms with Crippen LogP contribution in [0.1, 0.15) is 39.1 Å². The van der Waals surface area contributed by atoms with E-state index in [1.807, 2.05) is 18.2 Å². The summed E-state index contributed by atoms with van der Waals surface area (Å²) >= 11 is 0. The number of carboxylic acid groups (broad SMARTS) is 1. The molecule has 1 aliphatic heterocycles. The third-order valence-electron chi connectivity index (χ3n) is 4.28. The van der Waals surface area contributed by atoms with Crippen molar-refractivity contribution < 1.29 is 19.4 Å². The molecule has 0 spiro atoms. The fraction of sp³-hybridized carbons (Fsp3) is 0.263. The van der Waals surface area contributed by atoms with Crippen LogP contribution in [0, 0.1) is 0 Å². The number of carbonyl (C=O) groups excluding carboxylic acids is 1. The molecule has 1 heterocycles. The van der Waals surface area contributed by atoms with Crippen LogP contribution in [0.4, 0.5) is 5.69 Å². The standard InChI is InChI=1S/C19H19NO4/c1-24-16-9-10-17-15(12-16)4-2-3-11-20(17)18(21)13-5-7-14(8-6-13)19(22)23/h5-10,12H,2-4,11H2,1H3,(H,22,23). The first-order valence-electron chi connectivity index (χ1n) is 7.92. The Morgan fingerprint density at radius 1 is 1.04 bits per heavy atom. The largest absolute Gasteiger partial charge is 0.497 e. The molecule has 0 fully saturated rings. The van der Waals surface area contributed by atoms with Gasteiger partial charge in [-0.05, 0) is 67.3 Å². The van der Waals surface area contributed by atoms with Gasteiger partial charge in [0.15, 0.2) is 0 Å². The summed E-state index contributed by atoms with van der Waals surface area (Å²) in [6.45, 7) is 0.652. The second kappa shape index (κ2) is 6.74. The first-order chi connectivity index (χ1) is 11.6. The van der Waals surface area contributed by atoms with Crippen LogP contribution in [0.15, 0.2) is 42.5 Å². The van der Waals surface area contributed by atoms with Crippen LogP contribution in [-0.2, 0) is 6.42 Å². The number of nitrogens with zero attached hydrogens (tertiary/aromatic N) is 1. The quantitative estimate of drug-likeness (QED) is 0.939. The van der Waals surface area contributed by atoms with Gasteiger partial charge in [-0.2, -0.15) is 0 Å². The van der Waals surface area contributed by atoms with E-state index in [4.69, 9.17) is 9.84 Å². The summed E-state index contributed by atoms with van der Waals surface area (Å²) in [6.07, 6.45) is 2.85. The van der Waals surface area contributed by atoms with Gasteiger partial charge >= 0.3 is 5.97 Å². The Balaban J connectivity index is 1.93. The molecule has 24 heavy (non-hydrogen) atoms. The number of ether oxygens (including phenoxy) is 1. The van der Waals surface area contributed by atoms with Crippen LogP contribution < -0.4 is 9.64 Å². The summed E-state index contributed by atoms with van der Waals surface area (Å²) in [5.74, 6) is -0.324. The highest BCUT2D eigenvalue weighted by molar-refractivity contribution is 6.07. The van der Waals surface area contributed by atoms with Gasteiger partial charge in [-0.1, -0.05) is 0 Å². The lowest BCUT2D eigenvalue weighted by atomic mass is 10.1. The Kier molecular flexibility index (Phi) is 4.51. The van der Waals surface area contributed by atoms with Crippen molar-refractivity contribution in [1.82, 2.24) is 0 Å². The summed E-state index contributed by atoms with van der Waals surface area (Å²) in [6, 6.07) is 11.8. The van der Waals surface area contributed by atoms with Crippen molar-refractivity contribution in [2.24, 2.45) is 0 Å². The fourth-order valence-electron chi connectivity index (χ4n) is 2.98. The molecule has 0 unspecified atom stereocenters. The molecule has 0 aliphatic carbocycles. The van der Waals surface area contributed by atoms with Crippen LogP contribution in [0.3, 0.4) is 0 Å². The smallest absolute Gasteiger partial charge is 0.335 e. The topological polar surface area (TPSA) is 66.8 Å². The number of rotatable bonds is 3. The number of hydrogen-bond acceptors (Lipinski definition) is 3. The monoisotopic (exact) mass is 325 g/mol. The molecule has 124 valence electrons. The number of carboxylic acids is 1. The predicted octanol–water partition coefficient (Wildman–Crippen LogP) is 3.38. The van der Waals surface area contributed by atoms with E-state index in [2.05, 4.69) is 0 Å². The Morgan fingerprint density at radius 3 is 2.42 bits per heavy atom. The second-order valence-corrected chi connectivity index (χ2v) is 5.79. The zero-order chi connectivity index (χ0) is 17.1. The highest BCUT2D eigenvalue weighted by Crippen LogP contribution is 2.31. The zero-order valence-corrected chi connectivity index (χ0v) is 13.5.